The van der Waals surface area contributed by atoms with Crippen molar-refractivity contribution < 1.29 is 67.4 Å². The number of nitrogens with zero attached hydrogens (tertiary/aromatic N) is 4. The van der Waals surface area contributed by atoms with Gasteiger partial charge in [-0.25, -0.2) is 10.0 Å². The summed E-state index contributed by atoms with van der Waals surface area (Å²) in [5.74, 6) is -0.809. The number of thiazole rings is 1. The van der Waals surface area contributed by atoms with Crippen molar-refractivity contribution in [3.05, 3.63) is 147 Å². The first-order valence-corrected chi connectivity index (χ1v) is 36.3. The lowest BCUT2D eigenvalue weighted by Gasteiger charge is -2.39. The first-order valence-electron chi connectivity index (χ1n) is 35.4. The fourth-order valence-corrected chi connectivity index (χ4v) is 13.0. The van der Waals surface area contributed by atoms with Crippen LogP contribution in [0.4, 0.5) is 11.4 Å². The van der Waals surface area contributed by atoms with Crippen molar-refractivity contribution in [3.8, 4) is 11.8 Å². The predicted molar refractivity (Wildman–Crippen MR) is 390 cm³/mol. The molecule has 2 aliphatic heterocycles. The Kier molecular flexibility index (Phi) is 30.9. The number of benzene rings is 4. The quantitative estimate of drug-likeness (QED) is 0.00816. The second-order valence-corrected chi connectivity index (χ2v) is 28.2. The molecule has 1 aromatic heterocycles. The standard InChI is InChI=1S/C77H99N11O14S/c1-10-12-22-39-101-88(75(98)70(50(5)11-2)85-73(97)62-29-20-21-38-86(62)9)63(49(3)4)42-64(102-51(6)89)74-84-60(48-103-74)72(96)82-58(43-77(7,8)76(99)100)40-53-30-34-57(35-31-53)81-67(92)46-80-71(95)59(41-52-23-14-13-15-24-52)83-68(93)45-79-66(91)44-78-65(90)36-37-69(94)87-47-56-27-17-16-25-54(56)32-33-55-26-18-19-28-61(55)87/h13-19,23-28,30-31,34-35,48-50,58-59,62-64,70H,10-12,20-22,29,36-47H2,1-9H3,(H,78,90)(H,79,91)(H,80,95)(H,81,92)(H,82,96)(H,83,93)(H,85,97)(H,99,100)/t50-,58-,59-,62+,63+,64+,70-/m0/s1. The molecule has 7 atom stereocenters. The van der Waals surface area contributed by atoms with E-state index in [2.05, 4.69) is 61.0 Å². The molecule has 26 heteroatoms. The number of likely N-dealkylation sites (tertiary alicyclic amines) is 1. The lowest BCUT2D eigenvalue weighted by atomic mass is 9.84. The van der Waals surface area contributed by atoms with Crippen molar-refractivity contribution in [2.24, 2.45) is 17.3 Å². The van der Waals surface area contributed by atoms with Gasteiger partial charge in [-0.05, 0) is 118 Å². The number of hydrogen-bond acceptors (Lipinski definition) is 16. The molecule has 9 amide bonds. The number of rotatable bonds is 37. The number of piperidine rings is 1. The number of unbranched alkanes of at least 4 members (excludes halogenated alkanes) is 2. The summed E-state index contributed by atoms with van der Waals surface area (Å²) in [6.45, 7) is 13.8. The number of carboxylic acids is 1. The lowest BCUT2D eigenvalue weighted by molar-refractivity contribution is -0.213. The minimum Gasteiger partial charge on any atom is -0.481 e. The van der Waals surface area contributed by atoms with E-state index in [9.17, 15) is 57.8 Å². The molecule has 4 aromatic carbocycles. The molecule has 1 fully saturated rings. The second kappa shape index (κ2) is 39.5. The van der Waals surface area contributed by atoms with Crippen LogP contribution in [0.5, 0.6) is 0 Å². The molecular formula is C77H99N11O14S. The Hall–Kier alpha value is -9.84. The highest BCUT2D eigenvalue weighted by atomic mass is 32.1. The zero-order chi connectivity index (χ0) is 74.8. The molecule has 0 radical (unpaired) electrons. The van der Waals surface area contributed by atoms with Gasteiger partial charge in [-0.2, -0.15) is 0 Å². The van der Waals surface area contributed by atoms with Crippen LogP contribution in [0.15, 0.2) is 109 Å². The molecule has 8 N–H and O–H groups in total. The van der Waals surface area contributed by atoms with Gasteiger partial charge in [0.15, 0.2) is 6.10 Å². The Balaban J connectivity index is 0.932. The monoisotopic (exact) mass is 1430 g/mol. The maximum Gasteiger partial charge on any atom is 0.309 e. The maximum absolute atomic E-state index is 15.0. The third-order valence-electron chi connectivity index (χ3n) is 18.3. The third-order valence-corrected chi connectivity index (χ3v) is 19.2. The van der Waals surface area contributed by atoms with Crippen molar-refractivity contribution in [2.45, 2.75) is 182 Å². The van der Waals surface area contributed by atoms with Gasteiger partial charge < -0.3 is 52.0 Å². The number of carboxylic acid groups (broad SMARTS) is 1. The molecule has 0 spiro atoms. The van der Waals surface area contributed by atoms with E-state index >= 15 is 0 Å². The molecule has 25 nitrogen and oxygen atoms in total. The van der Waals surface area contributed by atoms with E-state index in [4.69, 9.17) is 9.57 Å². The fraction of sp³-hybridized carbons (Fsp3) is 0.481. The van der Waals surface area contributed by atoms with Crippen LogP contribution in [0.3, 0.4) is 0 Å². The summed E-state index contributed by atoms with van der Waals surface area (Å²) in [4.78, 5) is 163. The number of likely N-dealkylation sites (N-methyl/N-ethyl adjacent to an activating group) is 1. The Morgan fingerprint density at radius 1 is 0.738 bits per heavy atom. The highest BCUT2D eigenvalue weighted by molar-refractivity contribution is 7.09. The molecule has 0 aliphatic carbocycles. The topological polar surface area (TPSA) is 333 Å². The summed E-state index contributed by atoms with van der Waals surface area (Å²) < 4.78 is 5.93. The Labute approximate surface area is 607 Å². The van der Waals surface area contributed by atoms with E-state index in [-0.39, 0.29) is 92.1 Å². The summed E-state index contributed by atoms with van der Waals surface area (Å²) in [5.41, 5.74) is 3.31. The molecule has 2 aliphatic rings. The molecule has 0 bridgehead atoms. The van der Waals surface area contributed by atoms with Gasteiger partial charge in [0.05, 0.1) is 56.0 Å². The van der Waals surface area contributed by atoms with Gasteiger partial charge in [0.2, 0.25) is 41.4 Å². The lowest BCUT2D eigenvalue weighted by Crippen LogP contribution is -2.58. The summed E-state index contributed by atoms with van der Waals surface area (Å²) in [6, 6.07) is 26.3. The van der Waals surface area contributed by atoms with Crippen molar-refractivity contribution in [1.82, 2.24) is 46.8 Å². The van der Waals surface area contributed by atoms with Gasteiger partial charge in [-0.3, -0.25) is 62.5 Å². The molecular weight excluding hydrogens is 1330 g/mol. The maximum atomic E-state index is 15.0. The minimum absolute atomic E-state index is 0.0113. The number of carbonyl (C=O) groups excluding carboxylic acids is 10. The van der Waals surface area contributed by atoms with E-state index in [1.807, 2.05) is 82.1 Å². The first kappa shape index (κ1) is 80.5. The predicted octanol–water partition coefficient (Wildman–Crippen LogP) is 7.71. The van der Waals surface area contributed by atoms with Crippen LogP contribution in [0.1, 0.15) is 175 Å². The average Bonchev–Trinajstić information content (AvgIpc) is 1.61. The zero-order valence-electron chi connectivity index (χ0n) is 60.4. The van der Waals surface area contributed by atoms with Crippen LogP contribution >= 0.6 is 11.3 Å². The smallest absolute Gasteiger partial charge is 0.309 e. The number of amides is 9. The number of hydroxylamine groups is 2. The van der Waals surface area contributed by atoms with E-state index in [1.165, 1.54) is 17.4 Å². The molecule has 0 saturated carbocycles. The number of aliphatic carboxylic acids is 1. The van der Waals surface area contributed by atoms with Crippen LogP contribution < -0.4 is 42.1 Å². The molecule has 0 unspecified atom stereocenters. The van der Waals surface area contributed by atoms with Crippen LogP contribution in [0, 0.1) is 29.1 Å². The van der Waals surface area contributed by atoms with Crippen LogP contribution in [-0.2, 0) is 76.9 Å². The Morgan fingerprint density at radius 2 is 1.40 bits per heavy atom. The largest absolute Gasteiger partial charge is 0.481 e. The van der Waals surface area contributed by atoms with Gasteiger partial charge in [-0.15, -0.1) is 11.3 Å². The summed E-state index contributed by atoms with van der Waals surface area (Å²) in [6.07, 6.45) is 4.36. The van der Waals surface area contributed by atoms with E-state index in [1.54, 1.807) is 79.4 Å². The number of ether oxygens (including phenoxy) is 1. The number of aromatic nitrogens is 1. The summed E-state index contributed by atoms with van der Waals surface area (Å²) >= 11 is 1.08. The molecule has 3 heterocycles. The molecule has 552 valence electrons. The molecule has 1 saturated heterocycles. The van der Waals surface area contributed by atoms with Gasteiger partial charge in [0.1, 0.15) is 22.8 Å². The summed E-state index contributed by atoms with van der Waals surface area (Å²) in [7, 11) is 1.91. The SMILES string of the molecule is CCCCCON(C(=O)[C@@H](NC(=O)[C@H]1CCCCN1C)[C@@H](C)CC)[C@H](C[C@@H](OC(C)=O)c1nc(C(=O)N[C@@H](Cc2ccc(NC(=O)CNC(=O)[C@H](Cc3ccccc3)NC(=O)CNC(=O)CNC(=O)CCC(=O)N3Cc4ccccc4C#Cc4ccccc43)cc2)CC(C)(C)C(=O)O)cs1)C(C)C. The van der Waals surface area contributed by atoms with Gasteiger partial charge in [0.25, 0.3) is 11.8 Å². The normalized spacial score (nSPS) is 15.2. The van der Waals surface area contributed by atoms with Crippen molar-refractivity contribution in [2.75, 3.05) is 50.1 Å². The van der Waals surface area contributed by atoms with Gasteiger partial charge in [-0.1, -0.05) is 145 Å². The molecule has 103 heavy (non-hydrogen) atoms. The van der Waals surface area contributed by atoms with Crippen LogP contribution in [0.25, 0.3) is 0 Å². The van der Waals surface area contributed by atoms with Crippen molar-refractivity contribution in [3.63, 3.8) is 0 Å². The zero-order valence-corrected chi connectivity index (χ0v) is 61.2. The van der Waals surface area contributed by atoms with Crippen LogP contribution in [-0.4, -0.2) is 155 Å². The van der Waals surface area contributed by atoms with Crippen molar-refractivity contribution in [1.29, 1.82) is 0 Å². The number of carbonyl (C=O) groups is 11. The van der Waals surface area contributed by atoms with Gasteiger partial charge >= 0.3 is 11.9 Å². The second-order valence-electron chi connectivity index (χ2n) is 27.3. The van der Waals surface area contributed by atoms with E-state index < -0.39 is 109 Å². The number of fused-ring (bicyclic) bond motifs is 2. The Bertz CT molecular complexity index is 3830. The minimum atomic E-state index is -1.31. The number of esters is 1. The molecule has 5 aromatic rings. The first-order chi connectivity index (χ1) is 49.2. The van der Waals surface area contributed by atoms with Gasteiger partial charge in [0, 0.05) is 60.8 Å². The number of nitrogens with one attached hydrogen (secondary N) is 7. The summed E-state index contributed by atoms with van der Waals surface area (Å²) in [5, 5.41) is 32.3. The molecule has 7 rings (SSSR count). The number of hydrogen-bond donors (Lipinski definition) is 8. The van der Waals surface area contributed by atoms with E-state index in [0.717, 1.165) is 54.7 Å². The van der Waals surface area contributed by atoms with Crippen LogP contribution in [0.2, 0.25) is 0 Å². The average molecular weight is 1430 g/mol. The number of anilines is 2. The van der Waals surface area contributed by atoms with Crippen molar-refractivity contribution >= 4 is 87.8 Å². The third kappa shape index (κ3) is 24.7. The fourth-order valence-electron chi connectivity index (χ4n) is 12.1. The number of para-hydroxylation sites is 1. The highest BCUT2D eigenvalue weighted by Gasteiger charge is 2.41. The van der Waals surface area contributed by atoms with E-state index in [0.29, 0.717) is 47.3 Å². The highest BCUT2D eigenvalue weighted by Crippen LogP contribution is 2.33. The Morgan fingerprint density at radius 3 is 2.09 bits per heavy atom.